The Morgan fingerprint density at radius 2 is 0.915 bits per heavy atom. The minimum Gasteiger partial charge on any atom is -0.0616 e. The highest BCUT2D eigenvalue weighted by atomic mass is 14.4. The summed E-state index contributed by atoms with van der Waals surface area (Å²) in [6.07, 6.45) is 0. The highest BCUT2D eigenvalue weighted by Gasteiger charge is 2.36. The first kappa shape index (κ1) is 26.5. The van der Waals surface area contributed by atoms with Gasteiger partial charge in [0.1, 0.15) is 0 Å². The van der Waals surface area contributed by atoms with Crippen LogP contribution in [0.5, 0.6) is 0 Å². The topological polar surface area (TPSA) is 0 Å². The largest absolute Gasteiger partial charge is 0.0616 e. The van der Waals surface area contributed by atoms with Crippen LogP contribution in [0.25, 0.3) is 87.6 Å². The number of hydrogen-bond acceptors (Lipinski definition) is 0. The molecule has 1 aliphatic carbocycles. The second-order valence-electron chi connectivity index (χ2n) is 13.7. The van der Waals surface area contributed by atoms with E-state index in [2.05, 4.69) is 172 Å². The molecule has 9 aromatic rings. The van der Waals surface area contributed by atoms with Crippen LogP contribution in [0.4, 0.5) is 0 Å². The molecule has 0 saturated heterocycles. The molecule has 0 aliphatic heterocycles. The summed E-state index contributed by atoms with van der Waals surface area (Å²) in [5, 5.41) is 10.6. The van der Waals surface area contributed by atoms with Gasteiger partial charge in [-0.15, -0.1) is 0 Å². The zero-order valence-electron chi connectivity index (χ0n) is 26.5. The normalized spacial score (nSPS) is 13.5. The van der Waals surface area contributed by atoms with Crippen LogP contribution >= 0.6 is 0 Å². The summed E-state index contributed by atoms with van der Waals surface area (Å²) in [6.45, 7) is 4.75. The number of fused-ring (bicyclic) bond motifs is 5. The smallest absolute Gasteiger partial charge is 0.0159 e. The maximum absolute atomic E-state index is 2.45. The summed E-state index contributed by atoms with van der Waals surface area (Å²) < 4.78 is 0. The van der Waals surface area contributed by atoms with Gasteiger partial charge >= 0.3 is 0 Å². The van der Waals surface area contributed by atoms with Gasteiger partial charge < -0.3 is 0 Å². The molecule has 220 valence electrons. The molecule has 0 spiro atoms. The highest BCUT2D eigenvalue weighted by Crippen LogP contribution is 2.52. The first-order chi connectivity index (χ1) is 23.1. The second kappa shape index (κ2) is 9.64. The van der Waals surface area contributed by atoms with Gasteiger partial charge in [-0.2, -0.15) is 0 Å². The van der Waals surface area contributed by atoms with Gasteiger partial charge in [0, 0.05) is 5.41 Å². The third-order valence-corrected chi connectivity index (χ3v) is 10.8. The molecule has 0 heteroatoms. The van der Waals surface area contributed by atoms with E-state index in [0.717, 1.165) is 0 Å². The fourth-order valence-corrected chi connectivity index (χ4v) is 8.50. The van der Waals surface area contributed by atoms with E-state index >= 15 is 0 Å². The molecule has 0 aromatic heterocycles. The van der Waals surface area contributed by atoms with Crippen molar-refractivity contribution in [2.75, 3.05) is 0 Å². The lowest BCUT2D eigenvalue weighted by molar-refractivity contribution is 0.661. The van der Waals surface area contributed by atoms with Crippen molar-refractivity contribution in [3.05, 3.63) is 169 Å². The van der Waals surface area contributed by atoms with Crippen molar-refractivity contribution >= 4 is 43.1 Å². The third kappa shape index (κ3) is 3.76. The van der Waals surface area contributed by atoms with Gasteiger partial charge in [0.05, 0.1) is 0 Å². The molecule has 0 N–H and O–H groups in total. The van der Waals surface area contributed by atoms with Crippen molar-refractivity contribution < 1.29 is 0 Å². The quantitative estimate of drug-likeness (QED) is 0.178. The van der Waals surface area contributed by atoms with E-state index in [1.807, 2.05) is 0 Å². The van der Waals surface area contributed by atoms with Crippen LogP contribution < -0.4 is 0 Å². The molecule has 1 aliphatic rings. The summed E-state index contributed by atoms with van der Waals surface area (Å²) in [5.74, 6) is 0. The molecule has 0 radical (unpaired) electrons. The van der Waals surface area contributed by atoms with E-state index in [1.165, 1.54) is 98.7 Å². The van der Waals surface area contributed by atoms with Crippen LogP contribution in [0.3, 0.4) is 0 Å². The SMILES string of the molecule is CC1(C)c2cc(-c3ccccc3-c3cccc(-c4ccc5ccc6cccc7ccc4c5c67)c3)ccc2-c2c1ccc1ccccc21. The van der Waals surface area contributed by atoms with Gasteiger partial charge in [0.15, 0.2) is 0 Å². The molecule has 0 unspecified atom stereocenters. The number of rotatable bonds is 3. The molecule has 0 fully saturated rings. The van der Waals surface area contributed by atoms with Gasteiger partial charge in [0.2, 0.25) is 0 Å². The predicted octanol–water partition coefficient (Wildman–Crippen LogP) is 13.0. The Hall–Kier alpha value is -5.72. The van der Waals surface area contributed by atoms with Crippen LogP contribution in [0.15, 0.2) is 158 Å². The third-order valence-electron chi connectivity index (χ3n) is 10.8. The van der Waals surface area contributed by atoms with Crippen molar-refractivity contribution in [3.63, 3.8) is 0 Å². The molecule has 0 heterocycles. The number of benzene rings is 9. The zero-order chi connectivity index (χ0) is 31.3. The van der Waals surface area contributed by atoms with E-state index in [1.54, 1.807) is 0 Å². The predicted molar refractivity (Wildman–Crippen MR) is 202 cm³/mol. The van der Waals surface area contributed by atoms with Gasteiger partial charge in [0.25, 0.3) is 0 Å². The van der Waals surface area contributed by atoms with Crippen molar-refractivity contribution in [2.45, 2.75) is 19.3 Å². The lowest BCUT2D eigenvalue weighted by Crippen LogP contribution is -2.15. The summed E-state index contributed by atoms with van der Waals surface area (Å²) in [4.78, 5) is 0. The molecule has 47 heavy (non-hydrogen) atoms. The Kier molecular flexibility index (Phi) is 5.44. The summed E-state index contributed by atoms with van der Waals surface area (Å²) >= 11 is 0. The molecular weight excluding hydrogens is 565 g/mol. The summed E-state index contributed by atoms with van der Waals surface area (Å²) in [5.41, 5.74) is 13.0. The molecule has 0 bridgehead atoms. The Balaban J connectivity index is 1.12. The molecule has 10 rings (SSSR count). The Morgan fingerprint density at radius 3 is 1.72 bits per heavy atom. The Bertz CT molecular complexity index is 2690. The Morgan fingerprint density at radius 1 is 0.340 bits per heavy atom. The minimum absolute atomic E-state index is 0.0748. The van der Waals surface area contributed by atoms with E-state index in [-0.39, 0.29) is 5.41 Å². The molecule has 0 saturated carbocycles. The van der Waals surface area contributed by atoms with Crippen molar-refractivity contribution in [2.24, 2.45) is 0 Å². The zero-order valence-corrected chi connectivity index (χ0v) is 26.5. The standard InChI is InChI=1S/C47H32/c1-47(2)42-26-22-29-9-3-4-16-39(29)46(42)41-25-21-35(28-43(41)47)37-15-6-5-14-36(37)33-12-8-13-34(27-33)38-23-19-32-18-17-30-10-7-11-31-20-24-40(38)45(32)44(30)31/h3-28H,1-2H3. The first-order valence-electron chi connectivity index (χ1n) is 16.6. The summed E-state index contributed by atoms with van der Waals surface area (Å²) in [7, 11) is 0. The molecule has 0 amide bonds. The number of hydrogen-bond donors (Lipinski definition) is 0. The average molecular weight is 597 g/mol. The maximum atomic E-state index is 2.45. The fraction of sp³-hybridized carbons (Fsp3) is 0.0638. The van der Waals surface area contributed by atoms with E-state index < -0.39 is 0 Å². The van der Waals surface area contributed by atoms with Crippen molar-refractivity contribution in [3.8, 4) is 44.5 Å². The minimum atomic E-state index is -0.0748. The van der Waals surface area contributed by atoms with Crippen LogP contribution in [0, 0.1) is 0 Å². The lowest BCUT2D eigenvalue weighted by atomic mass is 9.81. The molecule has 0 nitrogen and oxygen atoms in total. The van der Waals surface area contributed by atoms with E-state index in [0.29, 0.717) is 0 Å². The van der Waals surface area contributed by atoms with Crippen molar-refractivity contribution in [1.29, 1.82) is 0 Å². The summed E-state index contributed by atoms with van der Waals surface area (Å²) in [6, 6.07) is 58.9. The van der Waals surface area contributed by atoms with Crippen LogP contribution in [-0.2, 0) is 5.41 Å². The van der Waals surface area contributed by atoms with Gasteiger partial charge in [-0.25, -0.2) is 0 Å². The van der Waals surface area contributed by atoms with E-state index in [4.69, 9.17) is 0 Å². The molecule has 9 aromatic carbocycles. The fourth-order valence-electron chi connectivity index (χ4n) is 8.50. The van der Waals surface area contributed by atoms with Gasteiger partial charge in [-0.1, -0.05) is 159 Å². The monoisotopic (exact) mass is 596 g/mol. The lowest BCUT2D eigenvalue weighted by Gasteiger charge is -2.22. The van der Waals surface area contributed by atoms with Gasteiger partial charge in [-0.3, -0.25) is 0 Å². The van der Waals surface area contributed by atoms with Crippen molar-refractivity contribution in [1.82, 2.24) is 0 Å². The molecule has 0 atom stereocenters. The maximum Gasteiger partial charge on any atom is 0.0159 e. The first-order valence-corrected chi connectivity index (χ1v) is 16.6. The Labute approximate surface area is 274 Å². The van der Waals surface area contributed by atoms with Crippen LogP contribution in [0.2, 0.25) is 0 Å². The van der Waals surface area contributed by atoms with Crippen LogP contribution in [-0.4, -0.2) is 0 Å². The second-order valence-corrected chi connectivity index (χ2v) is 13.7. The van der Waals surface area contributed by atoms with E-state index in [9.17, 15) is 0 Å². The van der Waals surface area contributed by atoms with Gasteiger partial charge in [-0.05, 0) is 111 Å². The average Bonchev–Trinajstić information content (AvgIpc) is 3.36. The van der Waals surface area contributed by atoms with Crippen LogP contribution in [0.1, 0.15) is 25.0 Å². The highest BCUT2D eigenvalue weighted by molar-refractivity contribution is 6.25. The molecular formula is C47H32.